The summed E-state index contributed by atoms with van der Waals surface area (Å²) in [6.45, 7) is 1.84. The van der Waals surface area contributed by atoms with Crippen molar-refractivity contribution in [1.29, 1.82) is 0 Å². The maximum Gasteiger partial charge on any atom is 0.266 e. The van der Waals surface area contributed by atoms with E-state index >= 15 is 0 Å². The lowest BCUT2D eigenvalue weighted by Gasteiger charge is -1.89. The second-order valence-electron chi connectivity index (χ2n) is 2.43. The highest BCUT2D eigenvalue weighted by atomic mass is 35.5. The fourth-order valence-electron chi connectivity index (χ4n) is 0.858. The topological polar surface area (TPSA) is 58.9 Å². The number of amides is 1. The summed E-state index contributed by atoms with van der Waals surface area (Å²) in [4.78, 5) is 13.5. The molecule has 1 heterocycles. The Bertz CT molecular complexity index is 308. The summed E-state index contributed by atoms with van der Waals surface area (Å²) in [5.74, 6) is -0.522. The molecule has 5 heteroatoms. The van der Waals surface area contributed by atoms with Crippen LogP contribution in [0, 0.1) is 6.92 Å². The average molecular weight is 170 g/mol. The lowest BCUT2D eigenvalue weighted by molar-refractivity contribution is 0.0996. The number of nitrogens with one attached hydrogen (secondary N) is 1. The molecular weight excluding hydrogens is 162 g/mol. The fraction of sp³-hybridized carbons (Fsp3) is 0.167. The van der Waals surface area contributed by atoms with Crippen molar-refractivity contribution in [2.75, 3.05) is 0 Å². The number of halogens is 1. The van der Waals surface area contributed by atoms with E-state index < -0.39 is 5.91 Å². The first-order valence-corrected chi connectivity index (χ1v) is 3.56. The van der Waals surface area contributed by atoms with Gasteiger partial charge in [-0.3, -0.25) is 4.79 Å². The molecule has 0 bridgehead atoms. The highest BCUT2D eigenvalue weighted by Crippen LogP contribution is 2.12. The van der Waals surface area contributed by atoms with Gasteiger partial charge in [-0.05, 0) is 12.4 Å². The highest BCUT2D eigenvalue weighted by Gasteiger charge is 2.12. The molecule has 1 aromatic rings. The lowest BCUT2D eigenvalue weighted by atomic mass is 9.96. The molecule has 1 aromatic heterocycles. The van der Waals surface area contributed by atoms with Crippen LogP contribution in [0.1, 0.15) is 16.2 Å². The number of rotatable bonds is 1. The molecule has 3 nitrogen and oxygen atoms in total. The first kappa shape index (κ1) is 8.20. The van der Waals surface area contributed by atoms with Crippen molar-refractivity contribution in [3.8, 4) is 0 Å². The van der Waals surface area contributed by atoms with Gasteiger partial charge in [-0.15, -0.1) is 0 Å². The van der Waals surface area contributed by atoms with Crippen molar-refractivity contribution in [2.45, 2.75) is 6.92 Å². The molecule has 0 fully saturated rings. The van der Waals surface area contributed by atoms with Crippen LogP contribution in [0.15, 0.2) is 0 Å². The van der Waals surface area contributed by atoms with Crippen LogP contribution in [0.5, 0.6) is 0 Å². The molecule has 0 saturated heterocycles. The number of H-pyrrole nitrogens is 1. The molecule has 0 radical (unpaired) electrons. The van der Waals surface area contributed by atoms with Gasteiger partial charge < -0.3 is 10.7 Å². The predicted molar refractivity (Wildman–Crippen MR) is 47.2 cm³/mol. The van der Waals surface area contributed by atoms with E-state index in [1.54, 1.807) is 0 Å². The van der Waals surface area contributed by atoms with Gasteiger partial charge in [0.25, 0.3) is 5.91 Å². The van der Waals surface area contributed by atoms with E-state index in [4.69, 9.17) is 17.3 Å². The van der Waals surface area contributed by atoms with Gasteiger partial charge in [0.05, 0.1) is 5.02 Å². The summed E-state index contributed by atoms with van der Waals surface area (Å²) in [7, 11) is 1.83. The number of aromatic nitrogens is 1. The van der Waals surface area contributed by atoms with E-state index in [-0.39, 0.29) is 0 Å². The lowest BCUT2D eigenvalue weighted by Crippen LogP contribution is -2.12. The van der Waals surface area contributed by atoms with Crippen molar-refractivity contribution in [1.82, 2.24) is 4.98 Å². The largest absolute Gasteiger partial charge is 0.364 e. The Morgan fingerprint density at radius 3 is 2.45 bits per heavy atom. The van der Waals surface area contributed by atoms with Crippen LogP contribution in [-0.4, -0.2) is 18.7 Å². The molecule has 0 unspecified atom stereocenters. The summed E-state index contributed by atoms with van der Waals surface area (Å²) in [5.41, 5.74) is 7.09. The third kappa shape index (κ3) is 1.26. The second-order valence-corrected chi connectivity index (χ2v) is 2.81. The van der Waals surface area contributed by atoms with Crippen molar-refractivity contribution < 1.29 is 4.79 Å². The number of hydrogen-bond acceptors (Lipinski definition) is 1. The zero-order chi connectivity index (χ0) is 8.59. The number of hydrogen-bond donors (Lipinski definition) is 2. The minimum atomic E-state index is -0.522. The van der Waals surface area contributed by atoms with Crippen molar-refractivity contribution in [2.24, 2.45) is 5.73 Å². The SMILES string of the molecule is Bc1c(C)[nH]c(C(N)=O)c1Cl. The Balaban J connectivity index is 3.29. The van der Waals surface area contributed by atoms with Gasteiger partial charge in [-0.25, -0.2) is 0 Å². The molecule has 1 rings (SSSR count). The minimum Gasteiger partial charge on any atom is -0.364 e. The van der Waals surface area contributed by atoms with E-state index in [0.29, 0.717) is 10.7 Å². The number of carbonyl (C=O) groups excluding carboxylic acids is 1. The maximum atomic E-state index is 10.7. The van der Waals surface area contributed by atoms with Crippen LogP contribution in [0.2, 0.25) is 5.02 Å². The number of carbonyl (C=O) groups is 1. The van der Waals surface area contributed by atoms with Gasteiger partial charge in [0.1, 0.15) is 13.5 Å². The monoisotopic (exact) mass is 170 g/mol. The van der Waals surface area contributed by atoms with E-state index in [2.05, 4.69) is 4.98 Å². The summed E-state index contributed by atoms with van der Waals surface area (Å²) in [6.07, 6.45) is 0. The first-order chi connectivity index (χ1) is 5.04. The van der Waals surface area contributed by atoms with E-state index in [9.17, 15) is 4.79 Å². The number of aryl methyl sites for hydroxylation is 1. The van der Waals surface area contributed by atoms with Gasteiger partial charge in [-0.1, -0.05) is 11.6 Å². The molecule has 0 aliphatic heterocycles. The molecule has 58 valence electrons. The molecule has 0 spiro atoms. The molecule has 1 amide bonds. The van der Waals surface area contributed by atoms with Gasteiger partial charge in [0.15, 0.2) is 0 Å². The van der Waals surface area contributed by atoms with Crippen LogP contribution >= 0.6 is 11.6 Å². The zero-order valence-electron chi connectivity index (χ0n) is 6.36. The number of primary amides is 1. The number of nitrogens with two attached hydrogens (primary N) is 1. The van der Waals surface area contributed by atoms with Gasteiger partial charge in [0, 0.05) is 5.69 Å². The molecule has 0 atom stereocenters. The van der Waals surface area contributed by atoms with Crippen molar-refractivity contribution >= 4 is 30.8 Å². The van der Waals surface area contributed by atoms with Crippen LogP contribution in [0.4, 0.5) is 0 Å². The summed E-state index contributed by atoms with van der Waals surface area (Å²) in [5, 5.41) is 0.426. The number of aromatic amines is 1. The van der Waals surface area contributed by atoms with Crippen LogP contribution in [0.25, 0.3) is 0 Å². The smallest absolute Gasteiger partial charge is 0.266 e. The third-order valence-corrected chi connectivity index (χ3v) is 2.14. The Morgan fingerprint density at radius 2 is 2.27 bits per heavy atom. The fourth-order valence-corrected chi connectivity index (χ4v) is 1.14. The maximum absolute atomic E-state index is 10.7. The predicted octanol–water partition coefficient (Wildman–Crippen LogP) is -0.666. The third-order valence-electron chi connectivity index (χ3n) is 1.67. The average Bonchev–Trinajstić information content (AvgIpc) is 2.17. The van der Waals surface area contributed by atoms with Gasteiger partial charge in [0.2, 0.25) is 0 Å². The Kier molecular flexibility index (Phi) is 1.96. The molecule has 3 N–H and O–H groups in total. The van der Waals surface area contributed by atoms with Gasteiger partial charge in [-0.2, -0.15) is 0 Å². The molecule has 0 aliphatic rings. The van der Waals surface area contributed by atoms with Crippen LogP contribution in [-0.2, 0) is 0 Å². The molecule has 11 heavy (non-hydrogen) atoms. The normalized spacial score (nSPS) is 10.0. The molecular formula is C6H8BClN2O. The minimum absolute atomic E-state index is 0.293. The standard InChI is InChI=1S/C6H8BClN2O/c1-2-3(7)4(8)5(10-2)6(9)11/h10H,7H2,1H3,(H2,9,11). The van der Waals surface area contributed by atoms with Crippen LogP contribution < -0.4 is 11.2 Å². The van der Waals surface area contributed by atoms with E-state index in [0.717, 1.165) is 11.2 Å². The highest BCUT2D eigenvalue weighted by molar-refractivity contribution is 6.47. The Labute approximate surface area is 70.3 Å². The van der Waals surface area contributed by atoms with E-state index in [1.807, 2.05) is 14.8 Å². The van der Waals surface area contributed by atoms with Crippen molar-refractivity contribution in [3.63, 3.8) is 0 Å². The summed E-state index contributed by atoms with van der Waals surface area (Å²) in [6, 6.07) is 0. The molecule has 0 saturated carbocycles. The quantitative estimate of drug-likeness (QED) is 0.540. The van der Waals surface area contributed by atoms with Gasteiger partial charge >= 0.3 is 0 Å². The zero-order valence-corrected chi connectivity index (χ0v) is 7.12. The summed E-state index contributed by atoms with van der Waals surface area (Å²) >= 11 is 5.78. The molecule has 0 aromatic carbocycles. The summed E-state index contributed by atoms with van der Waals surface area (Å²) < 4.78 is 0. The first-order valence-electron chi connectivity index (χ1n) is 3.18. The molecule has 0 aliphatic carbocycles. The van der Waals surface area contributed by atoms with Crippen LogP contribution in [0.3, 0.4) is 0 Å². The second kappa shape index (κ2) is 2.62. The van der Waals surface area contributed by atoms with E-state index in [1.165, 1.54) is 0 Å². The van der Waals surface area contributed by atoms with Crippen molar-refractivity contribution in [3.05, 3.63) is 16.4 Å². The Morgan fingerprint density at radius 1 is 1.73 bits per heavy atom. The Hall–Kier alpha value is -0.895.